The van der Waals surface area contributed by atoms with Crippen LogP contribution in [0.3, 0.4) is 0 Å². The third-order valence-electron chi connectivity index (χ3n) is 3.14. The summed E-state index contributed by atoms with van der Waals surface area (Å²) < 4.78 is 11.1. The van der Waals surface area contributed by atoms with Gasteiger partial charge >= 0.3 is 0 Å². The minimum absolute atomic E-state index is 0.233. The SMILES string of the molecule is CCOc1ccccc1NC(=O)c1ccc(-c2csc(C)n2)o1. The molecule has 0 radical (unpaired) electrons. The Balaban J connectivity index is 1.78. The first-order valence-electron chi connectivity index (χ1n) is 7.23. The lowest BCUT2D eigenvalue weighted by molar-refractivity contribution is 0.0997. The molecule has 0 fully saturated rings. The fourth-order valence-electron chi connectivity index (χ4n) is 2.11. The number of nitrogens with zero attached hydrogens (tertiary/aromatic N) is 1. The van der Waals surface area contributed by atoms with Crippen LogP contribution in [0.4, 0.5) is 5.69 Å². The summed E-state index contributed by atoms with van der Waals surface area (Å²) in [5.41, 5.74) is 1.35. The number of benzene rings is 1. The number of furan rings is 1. The number of ether oxygens (including phenoxy) is 1. The van der Waals surface area contributed by atoms with Crippen molar-refractivity contribution in [2.24, 2.45) is 0 Å². The van der Waals surface area contributed by atoms with Crippen molar-refractivity contribution in [3.63, 3.8) is 0 Å². The Morgan fingerprint density at radius 3 is 2.87 bits per heavy atom. The van der Waals surface area contributed by atoms with E-state index in [1.165, 1.54) is 11.3 Å². The average molecular weight is 328 g/mol. The molecule has 0 atom stereocenters. The molecule has 2 aromatic heterocycles. The molecule has 0 bridgehead atoms. The molecule has 0 unspecified atom stereocenters. The molecule has 0 aliphatic carbocycles. The van der Waals surface area contributed by atoms with Gasteiger partial charge in [-0.1, -0.05) is 12.1 Å². The molecule has 0 spiro atoms. The van der Waals surface area contributed by atoms with Crippen LogP contribution in [0.25, 0.3) is 11.5 Å². The van der Waals surface area contributed by atoms with Gasteiger partial charge in [0, 0.05) is 5.38 Å². The molecular formula is C17H16N2O3S. The van der Waals surface area contributed by atoms with Crippen molar-refractivity contribution in [1.29, 1.82) is 0 Å². The Morgan fingerprint density at radius 1 is 1.30 bits per heavy atom. The molecule has 3 rings (SSSR count). The fraction of sp³-hybridized carbons (Fsp3) is 0.176. The number of carbonyl (C=O) groups excluding carboxylic acids is 1. The van der Waals surface area contributed by atoms with E-state index < -0.39 is 0 Å². The van der Waals surface area contributed by atoms with Crippen molar-refractivity contribution in [2.75, 3.05) is 11.9 Å². The summed E-state index contributed by atoms with van der Waals surface area (Å²) in [5, 5.41) is 5.66. The third kappa shape index (κ3) is 3.43. The number of thiazole rings is 1. The first-order chi connectivity index (χ1) is 11.2. The maximum atomic E-state index is 12.3. The number of nitrogens with one attached hydrogen (secondary N) is 1. The highest BCUT2D eigenvalue weighted by atomic mass is 32.1. The molecule has 1 amide bonds. The molecule has 0 saturated carbocycles. The van der Waals surface area contributed by atoms with Crippen LogP contribution in [-0.2, 0) is 0 Å². The first-order valence-corrected chi connectivity index (χ1v) is 8.11. The van der Waals surface area contributed by atoms with Crippen LogP contribution < -0.4 is 10.1 Å². The van der Waals surface area contributed by atoms with Crippen LogP contribution in [0.1, 0.15) is 22.5 Å². The van der Waals surface area contributed by atoms with Gasteiger partial charge in [-0.15, -0.1) is 11.3 Å². The van der Waals surface area contributed by atoms with Gasteiger partial charge in [-0.05, 0) is 38.1 Å². The quantitative estimate of drug-likeness (QED) is 0.755. The van der Waals surface area contributed by atoms with Gasteiger partial charge in [-0.3, -0.25) is 4.79 Å². The molecule has 0 aliphatic rings. The van der Waals surface area contributed by atoms with E-state index in [4.69, 9.17) is 9.15 Å². The van der Waals surface area contributed by atoms with Gasteiger partial charge in [0.2, 0.25) is 0 Å². The Bertz CT molecular complexity index is 823. The van der Waals surface area contributed by atoms with Crippen LogP contribution in [0.15, 0.2) is 46.2 Å². The number of para-hydroxylation sites is 2. The highest BCUT2D eigenvalue weighted by Crippen LogP contribution is 2.26. The summed E-state index contributed by atoms with van der Waals surface area (Å²) in [5.74, 6) is 1.12. The van der Waals surface area contributed by atoms with Crippen LogP contribution in [0.5, 0.6) is 5.75 Å². The molecule has 1 N–H and O–H groups in total. The maximum absolute atomic E-state index is 12.3. The molecule has 1 aromatic carbocycles. The highest BCUT2D eigenvalue weighted by molar-refractivity contribution is 7.09. The van der Waals surface area contributed by atoms with E-state index in [2.05, 4.69) is 10.3 Å². The maximum Gasteiger partial charge on any atom is 0.291 e. The van der Waals surface area contributed by atoms with Crippen LogP contribution in [0, 0.1) is 6.92 Å². The second-order valence-corrected chi connectivity index (χ2v) is 5.86. The minimum Gasteiger partial charge on any atom is -0.492 e. The van der Waals surface area contributed by atoms with Crippen LogP contribution >= 0.6 is 11.3 Å². The van der Waals surface area contributed by atoms with E-state index in [1.807, 2.05) is 37.4 Å². The van der Waals surface area contributed by atoms with Crippen molar-refractivity contribution in [3.8, 4) is 17.2 Å². The van der Waals surface area contributed by atoms with Crippen molar-refractivity contribution in [1.82, 2.24) is 4.98 Å². The second kappa shape index (κ2) is 6.66. The third-order valence-corrected chi connectivity index (χ3v) is 3.91. The zero-order valence-electron chi connectivity index (χ0n) is 12.8. The summed E-state index contributed by atoms with van der Waals surface area (Å²) in [6.07, 6.45) is 0. The largest absolute Gasteiger partial charge is 0.492 e. The summed E-state index contributed by atoms with van der Waals surface area (Å²) in [4.78, 5) is 16.7. The van der Waals surface area contributed by atoms with E-state index in [9.17, 15) is 4.79 Å². The molecule has 23 heavy (non-hydrogen) atoms. The molecule has 3 aromatic rings. The van der Waals surface area contributed by atoms with E-state index in [0.29, 0.717) is 23.8 Å². The molecule has 2 heterocycles. The van der Waals surface area contributed by atoms with Gasteiger partial charge in [0.1, 0.15) is 11.4 Å². The first kappa shape index (κ1) is 15.3. The summed E-state index contributed by atoms with van der Waals surface area (Å²) >= 11 is 1.54. The lowest BCUT2D eigenvalue weighted by Crippen LogP contribution is -2.12. The molecular weight excluding hydrogens is 312 g/mol. The fourth-order valence-corrected chi connectivity index (χ4v) is 2.71. The van der Waals surface area contributed by atoms with E-state index in [0.717, 1.165) is 10.7 Å². The smallest absolute Gasteiger partial charge is 0.291 e. The number of rotatable bonds is 5. The van der Waals surface area contributed by atoms with Crippen molar-refractivity contribution in [3.05, 3.63) is 52.5 Å². The standard InChI is InChI=1S/C17H16N2O3S/c1-3-21-14-7-5-4-6-12(14)19-17(20)16-9-8-15(22-16)13-10-23-11(2)18-13/h4-10H,3H2,1-2H3,(H,19,20). The van der Waals surface area contributed by atoms with Gasteiger partial charge in [0.05, 0.1) is 17.3 Å². The van der Waals surface area contributed by atoms with Crippen molar-refractivity contribution >= 4 is 22.9 Å². The summed E-state index contributed by atoms with van der Waals surface area (Å²) in [6.45, 7) is 4.35. The number of carbonyl (C=O) groups is 1. The normalized spacial score (nSPS) is 10.5. The second-order valence-electron chi connectivity index (χ2n) is 4.80. The van der Waals surface area contributed by atoms with Gasteiger partial charge in [-0.2, -0.15) is 0 Å². The van der Waals surface area contributed by atoms with Crippen molar-refractivity contribution in [2.45, 2.75) is 13.8 Å². The van der Waals surface area contributed by atoms with Gasteiger partial charge in [-0.25, -0.2) is 4.98 Å². The molecule has 0 saturated heterocycles. The van der Waals surface area contributed by atoms with Crippen LogP contribution in [-0.4, -0.2) is 17.5 Å². The molecule has 0 aliphatic heterocycles. The zero-order chi connectivity index (χ0) is 16.2. The van der Waals surface area contributed by atoms with Crippen LogP contribution in [0.2, 0.25) is 0 Å². The van der Waals surface area contributed by atoms with Gasteiger partial charge < -0.3 is 14.5 Å². The number of hydrogen-bond acceptors (Lipinski definition) is 5. The summed E-state index contributed by atoms with van der Waals surface area (Å²) in [7, 11) is 0. The minimum atomic E-state index is -0.324. The Hall–Kier alpha value is -2.60. The molecule has 118 valence electrons. The Labute approximate surface area is 137 Å². The highest BCUT2D eigenvalue weighted by Gasteiger charge is 2.15. The summed E-state index contributed by atoms with van der Waals surface area (Å²) in [6, 6.07) is 10.7. The van der Waals surface area contributed by atoms with E-state index >= 15 is 0 Å². The van der Waals surface area contributed by atoms with Gasteiger partial charge in [0.15, 0.2) is 11.5 Å². The number of hydrogen-bond donors (Lipinski definition) is 1. The number of amides is 1. The number of anilines is 1. The topological polar surface area (TPSA) is 64.4 Å². The number of aryl methyl sites for hydroxylation is 1. The Kier molecular flexibility index (Phi) is 4.43. The predicted octanol–water partition coefficient (Wildman–Crippen LogP) is 4.36. The molecule has 5 nitrogen and oxygen atoms in total. The number of aromatic nitrogens is 1. The van der Waals surface area contributed by atoms with Gasteiger partial charge in [0.25, 0.3) is 5.91 Å². The molecule has 6 heteroatoms. The monoisotopic (exact) mass is 328 g/mol. The predicted molar refractivity (Wildman–Crippen MR) is 90.1 cm³/mol. The Morgan fingerprint density at radius 2 is 2.13 bits per heavy atom. The lowest BCUT2D eigenvalue weighted by Gasteiger charge is -2.10. The lowest BCUT2D eigenvalue weighted by atomic mass is 10.3. The van der Waals surface area contributed by atoms with Crippen molar-refractivity contribution < 1.29 is 13.9 Å². The van der Waals surface area contributed by atoms with E-state index in [1.54, 1.807) is 18.2 Å². The van der Waals surface area contributed by atoms with E-state index in [-0.39, 0.29) is 11.7 Å². The average Bonchev–Trinajstić information content (AvgIpc) is 3.18. The zero-order valence-corrected chi connectivity index (χ0v) is 13.6.